The Morgan fingerprint density at radius 2 is 1.79 bits per heavy atom. The van der Waals surface area contributed by atoms with Gasteiger partial charge in [0, 0.05) is 10.2 Å². The van der Waals surface area contributed by atoms with Gasteiger partial charge < -0.3 is 10.4 Å². The predicted octanol–water partition coefficient (Wildman–Crippen LogP) is 3.50. The Morgan fingerprint density at radius 1 is 1.21 bits per heavy atom. The lowest BCUT2D eigenvalue weighted by Crippen LogP contribution is -2.45. The van der Waals surface area contributed by atoms with Crippen molar-refractivity contribution in [2.75, 3.05) is 11.1 Å². The SMILES string of the molecule is CC(O)(CS(=O)(=O)c1ccc([76Br])cc1)C(=O)Nc1ccc(C#N)c(C(F)(F)F)c1. The van der Waals surface area contributed by atoms with Gasteiger partial charge in [0.15, 0.2) is 15.4 Å². The first-order chi connectivity index (χ1) is 13.3. The molecule has 0 spiro atoms. The highest BCUT2D eigenvalue weighted by molar-refractivity contribution is 9.10. The lowest BCUT2D eigenvalue weighted by atomic mass is 10.1. The van der Waals surface area contributed by atoms with Gasteiger partial charge in [0.1, 0.15) is 0 Å². The van der Waals surface area contributed by atoms with E-state index in [0.29, 0.717) is 10.5 Å². The van der Waals surface area contributed by atoms with Crippen LogP contribution < -0.4 is 5.32 Å². The minimum Gasteiger partial charge on any atom is -0.379 e. The molecule has 29 heavy (non-hydrogen) atoms. The summed E-state index contributed by atoms with van der Waals surface area (Å²) in [4.78, 5) is 12.2. The molecular weight excluding hydrogens is 473 g/mol. The number of hydrogen-bond acceptors (Lipinski definition) is 5. The maximum atomic E-state index is 13.0. The molecule has 2 rings (SSSR count). The third-order valence-corrected chi connectivity index (χ3v) is 6.30. The largest absolute Gasteiger partial charge is 0.417 e. The molecule has 0 aliphatic rings. The van der Waals surface area contributed by atoms with Crippen molar-refractivity contribution in [3.05, 3.63) is 58.1 Å². The van der Waals surface area contributed by atoms with E-state index in [9.17, 15) is 31.5 Å². The topological polar surface area (TPSA) is 107 Å². The Bertz CT molecular complexity index is 1080. The normalized spacial score (nSPS) is 14.0. The van der Waals surface area contributed by atoms with E-state index in [1.807, 2.05) is 0 Å². The van der Waals surface area contributed by atoms with Gasteiger partial charge in [-0.3, -0.25) is 4.79 Å². The number of amides is 1. The van der Waals surface area contributed by atoms with E-state index in [1.165, 1.54) is 30.3 Å². The molecular formula is C18H14BrF3N2O4S. The third-order valence-electron chi connectivity index (χ3n) is 3.84. The van der Waals surface area contributed by atoms with E-state index >= 15 is 0 Å². The predicted molar refractivity (Wildman–Crippen MR) is 102 cm³/mol. The van der Waals surface area contributed by atoms with Crippen LogP contribution in [0.5, 0.6) is 0 Å². The Hall–Kier alpha value is -2.42. The molecule has 11 heteroatoms. The second kappa shape index (κ2) is 8.14. The van der Waals surface area contributed by atoms with Crippen LogP contribution in [0.25, 0.3) is 0 Å². The highest BCUT2D eigenvalue weighted by atomic mass is 75.9. The van der Waals surface area contributed by atoms with Gasteiger partial charge in [0.05, 0.1) is 27.8 Å². The van der Waals surface area contributed by atoms with Crippen molar-refractivity contribution in [1.29, 1.82) is 5.26 Å². The number of alkyl halides is 3. The smallest absolute Gasteiger partial charge is 0.379 e. The number of halogens is 4. The van der Waals surface area contributed by atoms with Gasteiger partial charge >= 0.3 is 6.18 Å². The van der Waals surface area contributed by atoms with Crippen molar-refractivity contribution in [1.82, 2.24) is 0 Å². The number of nitrogens with zero attached hydrogens (tertiary/aromatic N) is 1. The second-order valence-corrected chi connectivity index (χ2v) is 9.22. The molecule has 1 atom stereocenters. The van der Waals surface area contributed by atoms with E-state index in [2.05, 4.69) is 21.2 Å². The molecule has 0 aliphatic carbocycles. The Kier molecular flexibility index (Phi) is 6.42. The molecule has 0 bridgehead atoms. The maximum absolute atomic E-state index is 13.0. The molecule has 6 nitrogen and oxygen atoms in total. The minimum absolute atomic E-state index is 0.133. The van der Waals surface area contributed by atoms with Crippen LogP contribution in [0.1, 0.15) is 18.1 Å². The molecule has 2 N–H and O–H groups in total. The molecule has 0 radical (unpaired) electrons. The standard InChI is InChI=1S/C18H14BrF3N2O4S/c1-17(26,10-29(27,28)14-6-3-12(19)4-7-14)16(25)24-13-5-2-11(9-23)15(8-13)18(20,21)22/h2-8,26H,10H2,1H3,(H,24,25)/i19-4. The summed E-state index contributed by atoms with van der Waals surface area (Å²) < 4.78 is 64.6. The van der Waals surface area contributed by atoms with Crippen LogP contribution in [0, 0.1) is 11.3 Å². The molecule has 0 saturated carbocycles. The summed E-state index contributed by atoms with van der Waals surface area (Å²) in [5.41, 5.74) is -4.68. The Labute approximate surface area is 173 Å². The highest BCUT2D eigenvalue weighted by Gasteiger charge is 2.38. The van der Waals surface area contributed by atoms with Gasteiger partial charge in [-0.05, 0) is 49.4 Å². The number of nitriles is 1. The van der Waals surface area contributed by atoms with Crippen LogP contribution in [0.3, 0.4) is 0 Å². The van der Waals surface area contributed by atoms with Crippen LogP contribution >= 0.6 is 15.9 Å². The highest BCUT2D eigenvalue weighted by Crippen LogP contribution is 2.33. The number of rotatable bonds is 5. The fourth-order valence-electron chi connectivity index (χ4n) is 2.38. The number of nitrogens with one attached hydrogen (secondary N) is 1. The molecule has 2 aromatic carbocycles. The monoisotopic (exact) mass is 487 g/mol. The number of sulfone groups is 1. The average molecular weight is 487 g/mol. The summed E-state index contributed by atoms with van der Waals surface area (Å²) in [7, 11) is -4.07. The second-order valence-electron chi connectivity index (χ2n) is 6.31. The van der Waals surface area contributed by atoms with Gasteiger partial charge in [-0.15, -0.1) is 0 Å². The molecule has 0 fully saturated rings. The van der Waals surface area contributed by atoms with E-state index in [-0.39, 0.29) is 10.6 Å². The zero-order valence-corrected chi connectivity index (χ0v) is 17.2. The molecule has 0 aromatic heterocycles. The molecule has 0 heterocycles. The molecule has 154 valence electrons. The first kappa shape index (κ1) is 22.9. The summed E-state index contributed by atoms with van der Waals surface area (Å²) in [5, 5.41) is 21.2. The van der Waals surface area contributed by atoms with Crippen molar-refractivity contribution in [3.63, 3.8) is 0 Å². The number of aliphatic hydroxyl groups is 1. The number of benzene rings is 2. The van der Waals surface area contributed by atoms with E-state index in [1.54, 1.807) is 0 Å². The zero-order valence-electron chi connectivity index (χ0n) is 14.8. The van der Waals surface area contributed by atoms with Gasteiger partial charge in [-0.1, -0.05) is 15.9 Å². The third kappa shape index (κ3) is 5.56. The first-order valence-electron chi connectivity index (χ1n) is 7.90. The van der Waals surface area contributed by atoms with E-state index in [4.69, 9.17) is 5.26 Å². The summed E-state index contributed by atoms with van der Waals surface area (Å²) in [6, 6.07) is 9.35. The fraction of sp³-hybridized carbons (Fsp3) is 0.222. The quantitative estimate of drug-likeness (QED) is 0.672. The molecule has 1 unspecified atom stereocenters. The van der Waals surface area contributed by atoms with Gasteiger partial charge in [0.2, 0.25) is 0 Å². The number of carbonyl (C=O) groups is 1. The molecule has 1 amide bonds. The van der Waals surface area contributed by atoms with Gasteiger partial charge in [0.25, 0.3) is 5.91 Å². The number of anilines is 1. The van der Waals surface area contributed by atoms with Crippen molar-refractivity contribution in [2.24, 2.45) is 0 Å². The lowest BCUT2D eigenvalue weighted by Gasteiger charge is -2.22. The van der Waals surface area contributed by atoms with Crippen molar-refractivity contribution in [2.45, 2.75) is 23.6 Å². The average Bonchev–Trinajstić information content (AvgIpc) is 2.60. The van der Waals surface area contributed by atoms with E-state index in [0.717, 1.165) is 19.1 Å². The van der Waals surface area contributed by atoms with Crippen molar-refractivity contribution in [3.8, 4) is 6.07 Å². The van der Waals surface area contributed by atoms with E-state index < -0.39 is 44.4 Å². The summed E-state index contributed by atoms with van der Waals surface area (Å²) >= 11 is 3.16. The summed E-state index contributed by atoms with van der Waals surface area (Å²) in [6.07, 6.45) is -4.83. The van der Waals surface area contributed by atoms with Gasteiger partial charge in [-0.2, -0.15) is 18.4 Å². The maximum Gasteiger partial charge on any atom is 0.417 e. The van der Waals surface area contributed by atoms with Crippen LogP contribution in [0.2, 0.25) is 0 Å². The number of carbonyl (C=O) groups excluding carboxylic acids is 1. The summed E-state index contributed by atoms with van der Waals surface area (Å²) in [6.45, 7) is 0.938. The Balaban J connectivity index is 2.25. The van der Waals surface area contributed by atoms with Crippen LogP contribution in [-0.2, 0) is 20.8 Å². The fourth-order valence-corrected chi connectivity index (χ4v) is 4.23. The van der Waals surface area contributed by atoms with Crippen LogP contribution in [-0.4, -0.2) is 30.8 Å². The van der Waals surface area contributed by atoms with Crippen LogP contribution in [0.4, 0.5) is 18.9 Å². The molecule has 2 aromatic rings. The van der Waals surface area contributed by atoms with Gasteiger partial charge in [-0.25, -0.2) is 8.42 Å². The first-order valence-corrected chi connectivity index (χ1v) is 10.3. The van der Waals surface area contributed by atoms with Crippen LogP contribution in [0.15, 0.2) is 51.8 Å². The summed E-state index contributed by atoms with van der Waals surface area (Å²) in [5.74, 6) is -2.20. The van der Waals surface area contributed by atoms with Crippen molar-refractivity contribution >= 4 is 37.4 Å². The minimum atomic E-state index is -4.83. The Morgan fingerprint density at radius 3 is 2.31 bits per heavy atom. The number of hydrogen-bond donors (Lipinski definition) is 2. The lowest BCUT2D eigenvalue weighted by molar-refractivity contribution is -0.137. The molecule has 0 saturated heterocycles. The van der Waals surface area contributed by atoms with Crippen molar-refractivity contribution < 1.29 is 31.5 Å². The zero-order chi connectivity index (χ0) is 22.0. The molecule has 0 aliphatic heterocycles.